The second-order valence-electron chi connectivity index (χ2n) is 6.81. The fourth-order valence-corrected chi connectivity index (χ4v) is 3.94. The number of nitrogens with zero attached hydrogens (tertiary/aromatic N) is 3. The molecule has 0 bridgehead atoms. The maximum Gasteiger partial charge on any atom is 0.321 e. The third kappa shape index (κ3) is 4.66. The van der Waals surface area contributed by atoms with E-state index in [9.17, 15) is 4.79 Å². The Hall–Kier alpha value is -2.28. The Bertz CT molecular complexity index is 1040. The number of carbonyl (C=O) groups excluding carboxylic acids is 1. The Kier molecular flexibility index (Phi) is 5.94. The summed E-state index contributed by atoms with van der Waals surface area (Å²) in [6, 6.07) is 12.0. The lowest BCUT2D eigenvalue weighted by molar-refractivity contribution is 0.184. The molecule has 1 aromatic heterocycles. The van der Waals surface area contributed by atoms with Gasteiger partial charge in [0.2, 0.25) is 11.7 Å². The summed E-state index contributed by atoms with van der Waals surface area (Å²) in [5, 5.41) is 8.41. The molecule has 1 aliphatic rings. The van der Waals surface area contributed by atoms with Crippen molar-refractivity contribution >= 4 is 46.5 Å². The van der Waals surface area contributed by atoms with Crippen LogP contribution < -0.4 is 5.32 Å². The maximum absolute atomic E-state index is 12.7. The van der Waals surface area contributed by atoms with Gasteiger partial charge in [-0.15, -0.1) is 0 Å². The van der Waals surface area contributed by atoms with Crippen molar-refractivity contribution in [1.29, 1.82) is 0 Å². The third-order valence-corrected chi connectivity index (χ3v) is 5.54. The van der Waals surface area contributed by atoms with Gasteiger partial charge in [-0.1, -0.05) is 52.1 Å². The molecular formula is C20H17Cl3N4O2. The second-order valence-corrected chi connectivity index (χ2v) is 8.09. The van der Waals surface area contributed by atoms with E-state index < -0.39 is 0 Å². The Morgan fingerprint density at radius 1 is 1.14 bits per heavy atom. The topological polar surface area (TPSA) is 71.3 Å². The van der Waals surface area contributed by atoms with Crippen LogP contribution in [0.25, 0.3) is 11.4 Å². The van der Waals surface area contributed by atoms with Crippen molar-refractivity contribution in [1.82, 2.24) is 15.0 Å². The number of hydrogen-bond donors (Lipinski definition) is 1. The molecular weight excluding hydrogens is 435 g/mol. The Labute approximate surface area is 182 Å². The summed E-state index contributed by atoms with van der Waals surface area (Å²) in [5.41, 5.74) is 1.31. The van der Waals surface area contributed by atoms with Gasteiger partial charge in [-0.2, -0.15) is 4.98 Å². The molecule has 6 nitrogen and oxygen atoms in total. The highest BCUT2D eigenvalue weighted by Gasteiger charge is 2.29. The number of aromatic nitrogens is 2. The van der Waals surface area contributed by atoms with Gasteiger partial charge in [0, 0.05) is 28.7 Å². The number of amides is 2. The number of piperidine rings is 1. The van der Waals surface area contributed by atoms with Crippen LogP contribution >= 0.6 is 34.8 Å². The lowest BCUT2D eigenvalue weighted by Gasteiger charge is -2.31. The highest BCUT2D eigenvalue weighted by Crippen LogP contribution is 2.30. The normalized spacial score (nSPS) is 16.7. The number of carbonyl (C=O) groups is 1. The van der Waals surface area contributed by atoms with E-state index in [0.29, 0.717) is 45.6 Å². The number of benzene rings is 2. The van der Waals surface area contributed by atoms with Gasteiger partial charge in [0.25, 0.3) is 0 Å². The molecule has 2 aromatic carbocycles. The highest BCUT2D eigenvalue weighted by atomic mass is 35.5. The van der Waals surface area contributed by atoms with Crippen molar-refractivity contribution in [3.63, 3.8) is 0 Å². The number of rotatable bonds is 3. The number of nitrogens with one attached hydrogen (secondary N) is 1. The molecule has 1 aliphatic heterocycles. The van der Waals surface area contributed by atoms with Crippen molar-refractivity contribution in [3.8, 4) is 11.4 Å². The number of halogens is 3. The minimum absolute atomic E-state index is 0.0318. The molecule has 2 heterocycles. The Morgan fingerprint density at radius 2 is 1.97 bits per heavy atom. The molecule has 0 spiro atoms. The predicted octanol–water partition coefficient (Wildman–Crippen LogP) is 6.11. The van der Waals surface area contributed by atoms with Crippen LogP contribution in [-0.2, 0) is 0 Å². The Morgan fingerprint density at radius 3 is 2.76 bits per heavy atom. The smallest absolute Gasteiger partial charge is 0.321 e. The van der Waals surface area contributed by atoms with Gasteiger partial charge in [0.05, 0.1) is 16.6 Å². The third-order valence-electron chi connectivity index (χ3n) is 4.76. The first-order chi connectivity index (χ1) is 14.0. The number of anilines is 1. The summed E-state index contributed by atoms with van der Waals surface area (Å²) < 4.78 is 5.48. The lowest BCUT2D eigenvalue weighted by Crippen LogP contribution is -2.41. The maximum atomic E-state index is 12.7. The molecule has 9 heteroatoms. The molecule has 0 radical (unpaired) electrons. The van der Waals surface area contributed by atoms with Crippen LogP contribution in [-0.4, -0.2) is 34.2 Å². The molecule has 1 unspecified atom stereocenters. The molecule has 3 aromatic rings. The summed E-state index contributed by atoms with van der Waals surface area (Å²) in [6.07, 6.45) is 1.70. The van der Waals surface area contributed by atoms with Gasteiger partial charge in [-0.05, 0) is 43.2 Å². The fraction of sp³-hybridized carbons (Fsp3) is 0.250. The standard InChI is InChI=1S/C20H17Cl3N4O2/c21-14-5-1-3-12(9-14)18-25-19(29-26-18)13-4-2-8-27(11-13)20(28)24-17-7-6-15(22)10-16(17)23/h1,3,5-7,9-10,13H,2,4,8,11H2,(H,24,28). The molecule has 1 fully saturated rings. The van der Waals surface area contributed by atoms with Crippen LogP contribution in [0.5, 0.6) is 0 Å². The first kappa shape index (κ1) is 20.0. The monoisotopic (exact) mass is 450 g/mol. The molecule has 2 amide bonds. The average Bonchev–Trinajstić information content (AvgIpc) is 3.20. The van der Waals surface area contributed by atoms with Crippen LogP contribution in [0.4, 0.5) is 10.5 Å². The van der Waals surface area contributed by atoms with E-state index in [-0.39, 0.29) is 11.9 Å². The highest BCUT2D eigenvalue weighted by molar-refractivity contribution is 6.36. The van der Waals surface area contributed by atoms with Gasteiger partial charge in [0.15, 0.2) is 0 Å². The van der Waals surface area contributed by atoms with Gasteiger partial charge in [0.1, 0.15) is 0 Å². The van der Waals surface area contributed by atoms with Crippen LogP contribution in [0.2, 0.25) is 15.1 Å². The van der Waals surface area contributed by atoms with E-state index in [1.807, 2.05) is 12.1 Å². The molecule has 0 saturated carbocycles. The first-order valence-electron chi connectivity index (χ1n) is 9.10. The first-order valence-corrected chi connectivity index (χ1v) is 10.2. The zero-order valence-electron chi connectivity index (χ0n) is 15.2. The lowest BCUT2D eigenvalue weighted by atomic mass is 9.98. The number of urea groups is 1. The van der Waals surface area contributed by atoms with Crippen molar-refractivity contribution in [2.75, 3.05) is 18.4 Å². The van der Waals surface area contributed by atoms with E-state index >= 15 is 0 Å². The zero-order valence-corrected chi connectivity index (χ0v) is 17.5. The fourth-order valence-electron chi connectivity index (χ4n) is 3.29. The van der Waals surface area contributed by atoms with Crippen molar-refractivity contribution in [3.05, 3.63) is 63.4 Å². The van der Waals surface area contributed by atoms with E-state index in [0.717, 1.165) is 18.4 Å². The largest absolute Gasteiger partial charge is 0.339 e. The van der Waals surface area contributed by atoms with E-state index in [2.05, 4.69) is 15.5 Å². The second kappa shape index (κ2) is 8.61. The molecule has 0 aliphatic carbocycles. The van der Waals surface area contributed by atoms with Gasteiger partial charge in [-0.3, -0.25) is 0 Å². The van der Waals surface area contributed by atoms with Crippen LogP contribution in [0.1, 0.15) is 24.7 Å². The summed E-state index contributed by atoms with van der Waals surface area (Å²) >= 11 is 18.1. The number of likely N-dealkylation sites (tertiary alicyclic amines) is 1. The molecule has 1 saturated heterocycles. The predicted molar refractivity (Wildman–Crippen MR) is 114 cm³/mol. The van der Waals surface area contributed by atoms with Crippen molar-refractivity contribution < 1.29 is 9.32 Å². The summed E-state index contributed by atoms with van der Waals surface area (Å²) in [7, 11) is 0. The molecule has 29 heavy (non-hydrogen) atoms. The van der Waals surface area contributed by atoms with E-state index in [4.69, 9.17) is 39.3 Å². The van der Waals surface area contributed by atoms with E-state index in [1.54, 1.807) is 35.2 Å². The molecule has 1 atom stereocenters. The summed E-state index contributed by atoms with van der Waals surface area (Å²) in [6.45, 7) is 1.12. The molecule has 1 N–H and O–H groups in total. The summed E-state index contributed by atoms with van der Waals surface area (Å²) in [4.78, 5) is 18.9. The molecule has 4 rings (SSSR count). The van der Waals surface area contributed by atoms with Crippen LogP contribution in [0.3, 0.4) is 0 Å². The van der Waals surface area contributed by atoms with Crippen molar-refractivity contribution in [2.45, 2.75) is 18.8 Å². The Balaban J connectivity index is 1.45. The minimum Gasteiger partial charge on any atom is -0.339 e. The minimum atomic E-state index is -0.228. The van der Waals surface area contributed by atoms with E-state index in [1.165, 1.54) is 0 Å². The van der Waals surface area contributed by atoms with Gasteiger partial charge < -0.3 is 14.7 Å². The van der Waals surface area contributed by atoms with Gasteiger partial charge >= 0.3 is 6.03 Å². The summed E-state index contributed by atoms with van der Waals surface area (Å²) in [5.74, 6) is 0.967. The number of hydrogen-bond acceptors (Lipinski definition) is 4. The van der Waals surface area contributed by atoms with Crippen molar-refractivity contribution in [2.24, 2.45) is 0 Å². The molecule has 150 valence electrons. The van der Waals surface area contributed by atoms with Crippen LogP contribution in [0, 0.1) is 0 Å². The zero-order chi connectivity index (χ0) is 20.4. The van der Waals surface area contributed by atoms with Crippen LogP contribution in [0.15, 0.2) is 47.0 Å². The quantitative estimate of drug-likeness (QED) is 0.521. The SMILES string of the molecule is O=C(Nc1ccc(Cl)cc1Cl)N1CCCC(c2nc(-c3cccc(Cl)c3)no2)C1. The average molecular weight is 452 g/mol. The van der Waals surface area contributed by atoms with Gasteiger partial charge in [-0.25, -0.2) is 4.79 Å².